The Kier molecular flexibility index (Phi) is 7.02. The van der Waals surface area contributed by atoms with Gasteiger partial charge in [-0.05, 0) is 30.2 Å². The van der Waals surface area contributed by atoms with E-state index in [1.54, 1.807) is 0 Å². The van der Waals surface area contributed by atoms with Crippen LogP contribution in [0.15, 0.2) is 30.5 Å². The van der Waals surface area contributed by atoms with Gasteiger partial charge in [0.25, 0.3) is 12.3 Å². The van der Waals surface area contributed by atoms with Gasteiger partial charge in [-0.1, -0.05) is 13.8 Å². The van der Waals surface area contributed by atoms with Crippen molar-refractivity contribution in [2.75, 3.05) is 6.54 Å². The standard InChI is InChI=1S/C18H20F3N3O4/c1-10(2)9-24-15(16(20)21)13(7-23-24)17(25)22-8-14(18(26)27)28-12-5-3-11(19)4-6-12/h3-7,10,14,16H,8-9H2,1-2H3,(H,22,25)(H,26,27). The normalized spacial score (nSPS) is 12.2. The first kappa shape index (κ1) is 21.3. The number of benzene rings is 1. The number of nitrogens with one attached hydrogen (secondary N) is 1. The van der Waals surface area contributed by atoms with Crippen molar-refractivity contribution in [2.45, 2.75) is 32.9 Å². The molecule has 1 amide bonds. The molecule has 0 saturated carbocycles. The highest BCUT2D eigenvalue weighted by molar-refractivity contribution is 5.95. The molecule has 0 aliphatic heterocycles. The molecule has 0 bridgehead atoms. The Morgan fingerprint density at radius 3 is 2.43 bits per heavy atom. The van der Waals surface area contributed by atoms with Gasteiger partial charge >= 0.3 is 5.97 Å². The fourth-order valence-corrected chi connectivity index (χ4v) is 2.43. The van der Waals surface area contributed by atoms with E-state index in [1.807, 2.05) is 13.8 Å². The molecule has 1 unspecified atom stereocenters. The molecule has 0 fully saturated rings. The second kappa shape index (κ2) is 9.25. The van der Waals surface area contributed by atoms with Crippen molar-refractivity contribution < 1.29 is 32.6 Å². The van der Waals surface area contributed by atoms with Gasteiger partial charge in [-0.2, -0.15) is 5.10 Å². The topological polar surface area (TPSA) is 93.5 Å². The van der Waals surface area contributed by atoms with Crippen LogP contribution in [-0.4, -0.2) is 39.4 Å². The summed E-state index contributed by atoms with van der Waals surface area (Å²) in [5.41, 5.74) is -0.862. The molecule has 0 aliphatic rings. The van der Waals surface area contributed by atoms with Crippen molar-refractivity contribution >= 4 is 11.9 Å². The molecule has 10 heteroatoms. The minimum atomic E-state index is -2.92. The van der Waals surface area contributed by atoms with Gasteiger partial charge in [0.05, 0.1) is 18.3 Å². The predicted octanol–water partition coefficient (Wildman–Crippen LogP) is 2.88. The summed E-state index contributed by atoms with van der Waals surface area (Å²) >= 11 is 0. The van der Waals surface area contributed by atoms with Crippen molar-refractivity contribution in [2.24, 2.45) is 5.92 Å². The van der Waals surface area contributed by atoms with E-state index < -0.39 is 42.5 Å². The van der Waals surface area contributed by atoms with Crippen molar-refractivity contribution in [1.29, 1.82) is 0 Å². The van der Waals surface area contributed by atoms with Gasteiger partial charge in [0, 0.05) is 6.54 Å². The van der Waals surface area contributed by atoms with E-state index in [2.05, 4.69) is 10.4 Å². The van der Waals surface area contributed by atoms with E-state index in [-0.39, 0.29) is 23.8 Å². The highest BCUT2D eigenvalue weighted by Gasteiger charge is 2.27. The van der Waals surface area contributed by atoms with E-state index in [4.69, 9.17) is 4.74 Å². The summed E-state index contributed by atoms with van der Waals surface area (Å²) in [5.74, 6) is -2.67. The van der Waals surface area contributed by atoms with Crippen LogP contribution in [0.2, 0.25) is 0 Å². The maximum absolute atomic E-state index is 13.4. The lowest BCUT2D eigenvalue weighted by Crippen LogP contribution is -2.40. The van der Waals surface area contributed by atoms with E-state index in [0.717, 1.165) is 23.0 Å². The Bertz CT molecular complexity index is 822. The zero-order valence-corrected chi connectivity index (χ0v) is 15.2. The van der Waals surface area contributed by atoms with Gasteiger partial charge in [-0.15, -0.1) is 0 Å². The molecule has 0 radical (unpaired) electrons. The van der Waals surface area contributed by atoms with E-state index in [0.29, 0.717) is 0 Å². The largest absolute Gasteiger partial charge is 0.478 e. The number of ether oxygens (including phenoxy) is 1. The molecule has 0 saturated heterocycles. The average molecular weight is 399 g/mol. The number of aliphatic carboxylic acids is 1. The Hall–Kier alpha value is -3.04. The van der Waals surface area contributed by atoms with Crippen LogP contribution in [0, 0.1) is 11.7 Å². The summed E-state index contributed by atoms with van der Waals surface area (Å²) in [6.45, 7) is 3.36. The Morgan fingerprint density at radius 2 is 1.89 bits per heavy atom. The van der Waals surface area contributed by atoms with E-state index in [1.165, 1.54) is 12.1 Å². The SMILES string of the molecule is CC(C)Cn1ncc(C(=O)NCC(Oc2ccc(F)cc2)C(=O)O)c1C(F)F. The lowest BCUT2D eigenvalue weighted by Gasteiger charge is -2.16. The third kappa shape index (κ3) is 5.48. The third-order valence-electron chi connectivity index (χ3n) is 3.69. The summed E-state index contributed by atoms with van der Waals surface area (Å²) in [4.78, 5) is 23.6. The van der Waals surface area contributed by atoms with Gasteiger partial charge in [-0.25, -0.2) is 18.0 Å². The lowest BCUT2D eigenvalue weighted by molar-refractivity contribution is -0.144. The van der Waals surface area contributed by atoms with Gasteiger partial charge < -0.3 is 15.2 Å². The Labute approximate surface area is 159 Å². The van der Waals surface area contributed by atoms with Crippen molar-refractivity contribution in [3.05, 3.63) is 47.5 Å². The molecule has 1 aromatic carbocycles. The number of carbonyl (C=O) groups excluding carboxylic acids is 1. The van der Waals surface area contributed by atoms with Gasteiger partial charge in [0.1, 0.15) is 17.3 Å². The Balaban J connectivity index is 2.09. The van der Waals surface area contributed by atoms with E-state index in [9.17, 15) is 27.9 Å². The molecule has 1 aromatic heterocycles. The van der Waals surface area contributed by atoms with Crippen LogP contribution in [-0.2, 0) is 11.3 Å². The zero-order valence-electron chi connectivity index (χ0n) is 15.2. The number of halogens is 3. The van der Waals surface area contributed by atoms with Crippen LogP contribution >= 0.6 is 0 Å². The number of carboxylic acid groups (broad SMARTS) is 1. The summed E-state index contributed by atoms with van der Waals surface area (Å²) in [5, 5.41) is 15.3. The number of carboxylic acids is 1. The van der Waals surface area contributed by atoms with Crippen molar-refractivity contribution in [3.63, 3.8) is 0 Å². The van der Waals surface area contributed by atoms with E-state index >= 15 is 0 Å². The number of hydrogen-bond acceptors (Lipinski definition) is 4. The fourth-order valence-electron chi connectivity index (χ4n) is 2.43. The van der Waals surface area contributed by atoms with Crippen molar-refractivity contribution in [3.8, 4) is 5.75 Å². The van der Waals surface area contributed by atoms with Crippen LogP contribution in [0.4, 0.5) is 13.2 Å². The molecule has 0 spiro atoms. The highest BCUT2D eigenvalue weighted by Crippen LogP contribution is 2.24. The first-order valence-corrected chi connectivity index (χ1v) is 8.46. The zero-order chi connectivity index (χ0) is 20.8. The number of nitrogens with zero attached hydrogens (tertiary/aromatic N) is 2. The number of alkyl halides is 2. The minimum Gasteiger partial charge on any atom is -0.478 e. The van der Waals surface area contributed by atoms with Crippen molar-refractivity contribution in [1.82, 2.24) is 15.1 Å². The average Bonchev–Trinajstić information content (AvgIpc) is 3.02. The molecule has 28 heavy (non-hydrogen) atoms. The second-order valence-electron chi connectivity index (χ2n) is 6.43. The number of rotatable bonds is 9. The monoisotopic (exact) mass is 399 g/mol. The maximum atomic E-state index is 13.4. The summed E-state index contributed by atoms with van der Waals surface area (Å²) in [6, 6.07) is 4.64. The maximum Gasteiger partial charge on any atom is 0.346 e. The molecule has 1 heterocycles. The molecule has 0 aliphatic carbocycles. The number of hydrogen-bond donors (Lipinski definition) is 2. The molecule has 152 valence electrons. The van der Waals surface area contributed by atoms with Gasteiger partial charge in [-0.3, -0.25) is 9.48 Å². The summed E-state index contributed by atoms with van der Waals surface area (Å²) < 4.78 is 46.0. The first-order valence-electron chi connectivity index (χ1n) is 8.46. The second-order valence-corrected chi connectivity index (χ2v) is 6.43. The fraction of sp³-hybridized carbons (Fsp3) is 0.389. The molecule has 1 atom stereocenters. The van der Waals surface area contributed by atoms with Crippen LogP contribution in [0.1, 0.15) is 36.3 Å². The third-order valence-corrected chi connectivity index (χ3v) is 3.69. The quantitative estimate of drug-likeness (QED) is 0.676. The molecule has 2 aromatic rings. The summed E-state index contributed by atoms with van der Waals surface area (Å²) in [7, 11) is 0. The molecule has 7 nitrogen and oxygen atoms in total. The lowest BCUT2D eigenvalue weighted by atomic mass is 10.2. The Morgan fingerprint density at radius 1 is 1.25 bits per heavy atom. The van der Waals surface area contributed by atoms with Gasteiger partial charge in [0.2, 0.25) is 6.10 Å². The molecule has 2 N–H and O–H groups in total. The van der Waals surface area contributed by atoms with Crippen LogP contribution < -0.4 is 10.1 Å². The van der Waals surface area contributed by atoms with Crippen LogP contribution in [0.3, 0.4) is 0 Å². The highest BCUT2D eigenvalue weighted by atomic mass is 19.3. The number of amides is 1. The smallest absolute Gasteiger partial charge is 0.346 e. The molecular formula is C18H20F3N3O4. The van der Waals surface area contributed by atoms with Crippen LogP contribution in [0.5, 0.6) is 5.75 Å². The minimum absolute atomic E-state index is 0.0359. The number of aromatic nitrogens is 2. The molecule has 2 rings (SSSR count). The predicted molar refractivity (Wildman–Crippen MR) is 92.8 cm³/mol. The number of carbonyl (C=O) groups is 2. The molecular weight excluding hydrogens is 379 g/mol. The first-order chi connectivity index (χ1) is 13.2. The van der Waals surface area contributed by atoms with Gasteiger partial charge in [0.15, 0.2) is 0 Å². The summed E-state index contributed by atoms with van der Waals surface area (Å²) in [6.07, 6.45) is -3.39. The van der Waals surface area contributed by atoms with Crippen LogP contribution in [0.25, 0.3) is 0 Å².